The van der Waals surface area contributed by atoms with E-state index in [1.165, 1.54) is 0 Å². The maximum atomic E-state index is 5.57. The van der Waals surface area contributed by atoms with Crippen LogP contribution in [0.25, 0.3) is 0 Å². The summed E-state index contributed by atoms with van der Waals surface area (Å²) in [6.07, 6.45) is 0.623. The average Bonchev–Trinajstić information content (AvgIpc) is 2.66. The van der Waals surface area contributed by atoms with Gasteiger partial charge in [-0.1, -0.05) is 5.10 Å². The van der Waals surface area contributed by atoms with Crippen molar-refractivity contribution in [2.75, 3.05) is 31.2 Å². The van der Waals surface area contributed by atoms with E-state index in [9.17, 15) is 0 Å². The summed E-state index contributed by atoms with van der Waals surface area (Å²) in [6, 6.07) is 0.566. The fraction of sp³-hybridized carbons (Fsp3) is 0.800. The molecule has 90 valence electrons. The molecule has 0 saturated carbocycles. The monoisotopic (exact) mass is 226 g/mol. The molecule has 2 heterocycles. The summed E-state index contributed by atoms with van der Waals surface area (Å²) in [6.45, 7) is 6.85. The third-order valence-corrected chi connectivity index (χ3v) is 2.69. The first kappa shape index (κ1) is 11.3. The van der Waals surface area contributed by atoms with E-state index >= 15 is 0 Å². The molecule has 1 aromatic heterocycles. The minimum Gasteiger partial charge on any atom is -0.408 e. The van der Waals surface area contributed by atoms with Crippen molar-refractivity contribution in [1.29, 1.82) is 0 Å². The van der Waals surface area contributed by atoms with Gasteiger partial charge in [-0.15, -0.1) is 5.10 Å². The van der Waals surface area contributed by atoms with Gasteiger partial charge in [0.1, 0.15) is 0 Å². The average molecular weight is 226 g/mol. The van der Waals surface area contributed by atoms with Crippen molar-refractivity contribution >= 4 is 6.01 Å². The van der Waals surface area contributed by atoms with E-state index < -0.39 is 0 Å². The Labute approximate surface area is 94.8 Å². The second-order valence-electron chi connectivity index (χ2n) is 4.53. The minimum absolute atomic E-state index is 0.106. The highest BCUT2D eigenvalue weighted by atomic mass is 16.5. The van der Waals surface area contributed by atoms with Gasteiger partial charge >= 0.3 is 6.01 Å². The SMILES string of the molecule is CC1(C)COCCN1c1nnc(CCN)o1. The van der Waals surface area contributed by atoms with Gasteiger partial charge in [0.15, 0.2) is 0 Å². The number of morpholine rings is 1. The molecule has 2 rings (SSSR count). The number of aromatic nitrogens is 2. The highest BCUT2D eigenvalue weighted by Crippen LogP contribution is 2.25. The summed E-state index contributed by atoms with van der Waals surface area (Å²) < 4.78 is 11.0. The Balaban J connectivity index is 2.15. The molecule has 0 radical (unpaired) electrons. The van der Waals surface area contributed by atoms with E-state index in [0.717, 1.165) is 6.54 Å². The number of anilines is 1. The Kier molecular flexibility index (Phi) is 3.11. The lowest BCUT2D eigenvalue weighted by Crippen LogP contribution is -2.53. The molecule has 16 heavy (non-hydrogen) atoms. The summed E-state index contributed by atoms with van der Waals surface area (Å²) in [5.41, 5.74) is 5.33. The van der Waals surface area contributed by atoms with E-state index in [2.05, 4.69) is 28.9 Å². The first-order valence-corrected chi connectivity index (χ1v) is 5.51. The first-order valence-electron chi connectivity index (χ1n) is 5.51. The minimum atomic E-state index is -0.106. The van der Waals surface area contributed by atoms with Gasteiger partial charge in [-0.05, 0) is 13.8 Å². The fourth-order valence-corrected chi connectivity index (χ4v) is 1.79. The highest BCUT2D eigenvalue weighted by Gasteiger charge is 2.33. The van der Waals surface area contributed by atoms with Gasteiger partial charge in [0.2, 0.25) is 5.89 Å². The van der Waals surface area contributed by atoms with E-state index in [-0.39, 0.29) is 5.54 Å². The van der Waals surface area contributed by atoms with Crippen LogP contribution in [-0.2, 0) is 11.2 Å². The molecule has 1 aliphatic heterocycles. The van der Waals surface area contributed by atoms with E-state index in [1.807, 2.05) is 0 Å². The Bertz CT molecular complexity index is 350. The van der Waals surface area contributed by atoms with Gasteiger partial charge in [0.05, 0.1) is 18.8 Å². The molecule has 0 atom stereocenters. The number of nitrogens with zero attached hydrogens (tertiary/aromatic N) is 3. The maximum absolute atomic E-state index is 5.57. The maximum Gasteiger partial charge on any atom is 0.318 e. The molecule has 2 N–H and O–H groups in total. The van der Waals surface area contributed by atoms with Crippen LogP contribution < -0.4 is 10.6 Å². The molecule has 6 nitrogen and oxygen atoms in total. The topological polar surface area (TPSA) is 77.4 Å². The second kappa shape index (κ2) is 4.39. The lowest BCUT2D eigenvalue weighted by molar-refractivity contribution is 0.0610. The van der Waals surface area contributed by atoms with Crippen molar-refractivity contribution in [3.05, 3.63) is 5.89 Å². The third-order valence-electron chi connectivity index (χ3n) is 2.69. The zero-order chi connectivity index (χ0) is 11.6. The van der Waals surface area contributed by atoms with Gasteiger partial charge in [0.25, 0.3) is 0 Å². The van der Waals surface area contributed by atoms with Crippen LogP contribution in [0.3, 0.4) is 0 Å². The summed E-state index contributed by atoms with van der Waals surface area (Å²) in [5.74, 6) is 0.597. The number of rotatable bonds is 3. The quantitative estimate of drug-likeness (QED) is 0.792. The highest BCUT2D eigenvalue weighted by molar-refractivity contribution is 5.30. The normalized spacial score (nSPS) is 20.1. The van der Waals surface area contributed by atoms with Gasteiger partial charge in [0, 0.05) is 19.5 Å². The molecule has 1 saturated heterocycles. The summed E-state index contributed by atoms with van der Waals surface area (Å²) >= 11 is 0. The third kappa shape index (κ3) is 2.17. The van der Waals surface area contributed by atoms with Crippen LogP contribution in [0.4, 0.5) is 6.01 Å². The van der Waals surface area contributed by atoms with Crippen LogP contribution in [0.5, 0.6) is 0 Å². The van der Waals surface area contributed by atoms with E-state index in [0.29, 0.717) is 38.1 Å². The fourth-order valence-electron chi connectivity index (χ4n) is 1.79. The van der Waals surface area contributed by atoms with Crippen molar-refractivity contribution in [3.63, 3.8) is 0 Å². The zero-order valence-corrected chi connectivity index (χ0v) is 9.77. The number of hydrogen-bond acceptors (Lipinski definition) is 6. The molecule has 6 heteroatoms. The van der Waals surface area contributed by atoms with Crippen molar-refractivity contribution in [2.24, 2.45) is 5.73 Å². The number of ether oxygens (including phenoxy) is 1. The van der Waals surface area contributed by atoms with Gasteiger partial charge < -0.3 is 19.8 Å². The Morgan fingerprint density at radius 1 is 1.44 bits per heavy atom. The van der Waals surface area contributed by atoms with Crippen LogP contribution >= 0.6 is 0 Å². The Hall–Kier alpha value is -1.14. The molecule has 1 aromatic rings. The van der Waals surface area contributed by atoms with Crippen LogP contribution in [0.15, 0.2) is 4.42 Å². The molecule has 0 unspecified atom stereocenters. The van der Waals surface area contributed by atoms with E-state index in [4.69, 9.17) is 14.9 Å². The van der Waals surface area contributed by atoms with Crippen molar-refractivity contribution in [3.8, 4) is 0 Å². The lowest BCUT2D eigenvalue weighted by atomic mass is 10.0. The van der Waals surface area contributed by atoms with Crippen molar-refractivity contribution in [2.45, 2.75) is 25.8 Å². The molecule has 1 fully saturated rings. The van der Waals surface area contributed by atoms with Gasteiger partial charge in [-0.2, -0.15) is 0 Å². The molecule has 1 aliphatic rings. The Morgan fingerprint density at radius 2 is 2.25 bits per heavy atom. The second-order valence-corrected chi connectivity index (χ2v) is 4.53. The predicted molar refractivity (Wildman–Crippen MR) is 59.3 cm³/mol. The van der Waals surface area contributed by atoms with Crippen molar-refractivity contribution < 1.29 is 9.15 Å². The van der Waals surface area contributed by atoms with Gasteiger partial charge in [-0.25, -0.2) is 0 Å². The van der Waals surface area contributed by atoms with Crippen LogP contribution in [0, 0.1) is 0 Å². The number of hydrogen-bond donors (Lipinski definition) is 1. The summed E-state index contributed by atoms with van der Waals surface area (Å²) in [4.78, 5) is 2.09. The largest absolute Gasteiger partial charge is 0.408 e. The van der Waals surface area contributed by atoms with Crippen LogP contribution in [0.1, 0.15) is 19.7 Å². The van der Waals surface area contributed by atoms with Crippen LogP contribution in [0.2, 0.25) is 0 Å². The standard InChI is InChI=1S/C10H18N4O2/c1-10(2)7-15-6-5-14(10)9-13-12-8(16-9)3-4-11/h3-7,11H2,1-2H3. The zero-order valence-electron chi connectivity index (χ0n) is 9.77. The first-order chi connectivity index (χ1) is 7.63. The molecular formula is C10H18N4O2. The number of nitrogens with two attached hydrogens (primary N) is 1. The molecule has 0 spiro atoms. The van der Waals surface area contributed by atoms with Crippen molar-refractivity contribution in [1.82, 2.24) is 10.2 Å². The van der Waals surface area contributed by atoms with Crippen LogP contribution in [-0.4, -0.2) is 42.0 Å². The molecule has 0 amide bonds. The molecule has 0 aromatic carbocycles. The summed E-state index contributed by atoms with van der Waals surface area (Å²) in [5, 5.41) is 8.02. The van der Waals surface area contributed by atoms with E-state index in [1.54, 1.807) is 0 Å². The molecule has 0 bridgehead atoms. The van der Waals surface area contributed by atoms with Gasteiger partial charge in [-0.3, -0.25) is 0 Å². The predicted octanol–water partition coefficient (Wildman–Crippen LogP) is 0.186. The lowest BCUT2D eigenvalue weighted by Gasteiger charge is -2.40. The smallest absolute Gasteiger partial charge is 0.318 e. The molecular weight excluding hydrogens is 208 g/mol. The summed E-state index contributed by atoms with van der Waals surface area (Å²) in [7, 11) is 0. The molecule has 0 aliphatic carbocycles. The Morgan fingerprint density at radius 3 is 2.94 bits per heavy atom.